The van der Waals surface area contributed by atoms with Crippen LogP contribution in [-0.4, -0.2) is 50.1 Å². The third-order valence-electron chi connectivity index (χ3n) is 4.40. The van der Waals surface area contributed by atoms with Crippen molar-refractivity contribution in [1.82, 2.24) is 15.5 Å². The van der Waals surface area contributed by atoms with Gasteiger partial charge in [0.25, 0.3) is 0 Å². The van der Waals surface area contributed by atoms with Gasteiger partial charge in [-0.15, -0.1) is 24.0 Å². The van der Waals surface area contributed by atoms with Gasteiger partial charge in [-0.05, 0) is 57.0 Å². The van der Waals surface area contributed by atoms with Crippen molar-refractivity contribution in [2.75, 3.05) is 33.2 Å². The highest BCUT2D eigenvalue weighted by molar-refractivity contribution is 14.0. The van der Waals surface area contributed by atoms with Crippen LogP contribution in [0.25, 0.3) is 0 Å². The molecular weight excluding hydrogens is 399 g/mol. The molecule has 2 N–H and O–H groups in total. The maximum absolute atomic E-state index is 4.37. The summed E-state index contributed by atoms with van der Waals surface area (Å²) in [5.41, 5.74) is 0.402. The van der Waals surface area contributed by atoms with Crippen molar-refractivity contribution >= 4 is 29.9 Å². The molecule has 2 unspecified atom stereocenters. The molecule has 138 valence electrons. The maximum atomic E-state index is 4.37. The van der Waals surface area contributed by atoms with Crippen LogP contribution in [0.1, 0.15) is 60.3 Å². The number of likely N-dealkylation sites (tertiary alicyclic amines) is 1. The smallest absolute Gasteiger partial charge is 0.191 e. The third kappa shape index (κ3) is 10.4. The Hall–Kier alpha value is -0.0400. The second kappa shape index (κ2) is 11.5. The Kier molecular flexibility index (Phi) is 11.5. The monoisotopic (exact) mass is 438 g/mol. The second-order valence-corrected chi connectivity index (χ2v) is 8.05. The first-order valence-electron chi connectivity index (χ1n) is 9.03. The summed E-state index contributed by atoms with van der Waals surface area (Å²) in [5, 5.41) is 7.04. The van der Waals surface area contributed by atoms with E-state index >= 15 is 0 Å². The van der Waals surface area contributed by atoms with E-state index in [4.69, 9.17) is 0 Å². The molecule has 23 heavy (non-hydrogen) atoms. The lowest BCUT2D eigenvalue weighted by Crippen LogP contribution is -2.44. The molecule has 0 aromatic heterocycles. The van der Waals surface area contributed by atoms with Gasteiger partial charge in [0, 0.05) is 26.2 Å². The highest BCUT2D eigenvalue weighted by Gasteiger charge is 2.21. The van der Waals surface area contributed by atoms with E-state index in [1.807, 2.05) is 7.05 Å². The predicted molar refractivity (Wildman–Crippen MR) is 113 cm³/mol. The summed E-state index contributed by atoms with van der Waals surface area (Å²) in [5.74, 6) is 1.71. The SMILES string of the molecule is CCCN1CCC(CNC(=NC)NC(C)CCC(C)(C)C)C1.I. The standard InChI is InChI=1S/C18H38N4.HI/c1-7-11-22-12-9-16(14-22)13-20-17(19-6)21-15(2)8-10-18(3,4)5;/h15-16H,7-14H2,1-6H3,(H2,19,20,21);1H. The highest BCUT2D eigenvalue weighted by atomic mass is 127. The van der Waals surface area contributed by atoms with Crippen LogP contribution in [-0.2, 0) is 0 Å². The number of halogens is 1. The third-order valence-corrected chi connectivity index (χ3v) is 4.40. The summed E-state index contributed by atoms with van der Waals surface area (Å²) >= 11 is 0. The topological polar surface area (TPSA) is 39.7 Å². The lowest BCUT2D eigenvalue weighted by Gasteiger charge is -2.23. The summed E-state index contributed by atoms with van der Waals surface area (Å²) < 4.78 is 0. The fraction of sp³-hybridized carbons (Fsp3) is 0.944. The Morgan fingerprint density at radius 3 is 2.61 bits per heavy atom. The number of hydrogen-bond acceptors (Lipinski definition) is 2. The quantitative estimate of drug-likeness (QED) is 0.362. The molecule has 1 aliphatic heterocycles. The Morgan fingerprint density at radius 2 is 2.04 bits per heavy atom. The molecule has 5 heteroatoms. The molecule has 1 saturated heterocycles. The number of nitrogens with one attached hydrogen (secondary N) is 2. The van der Waals surface area contributed by atoms with Crippen LogP contribution in [0.15, 0.2) is 4.99 Å². The van der Waals surface area contributed by atoms with Gasteiger partial charge in [-0.25, -0.2) is 0 Å². The molecule has 0 saturated carbocycles. The van der Waals surface area contributed by atoms with E-state index in [-0.39, 0.29) is 24.0 Å². The fourth-order valence-electron chi connectivity index (χ4n) is 2.99. The Balaban J connectivity index is 0.00000484. The number of nitrogens with zero attached hydrogens (tertiary/aromatic N) is 2. The van der Waals surface area contributed by atoms with Crippen LogP contribution in [0.4, 0.5) is 0 Å². The zero-order valence-electron chi connectivity index (χ0n) is 16.1. The first kappa shape index (κ1) is 23.0. The van der Waals surface area contributed by atoms with Crippen LogP contribution in [0.5, 0.6) is 0 Å². The van der Waals surface area contributed by atoms with Gasteiger partial charge < -0.3 is 15.5 Å². The van der Waals surface area contributed by atoms with Crippen molar-refractivity contribution in [3.05, 3.63) is 0 Å². The largest absolute Gasteiger partial charge is 0.356 e. The van der Waals surface area contributed by atoms with Gasteiger partial charge in [0.1, 0.15) is 0 Å². The average Bonchev–Trinajstić information content (AvgIpc) is 2.88. The van der Waals surface area contributed by atoms with Crippen molar-refractivity contribution in [2.45, 2.75) is 66.3 Å². The zero-order valence-corrected chi connectivity index (χ0v) is 18.4. The fourth-order valence-corrected chi connectivity index (χ4v) is 2.99. The summed E-state index contributed by atoms with van der Waals surface area (Å²) in [6, 6.07) is 0.464. The minimum Gasteiger partial charge on any atom is -0.356 e. The number of hydrogen-bond donors (Lipinski definition) is 2. The lowest BCUT2D eigenvalue weighted by molar-refractivity contribution is 0.324. The van der Waals surface area contributed by atoms with E-state index in [1.165, 1.54) is 45.3 Å². The maximum Gasteiger partial charge on any atom is 0.191 e. The van der Waals surface area contributed by atoms with Crippen molar-refractivity contribution in [3.63, 3.8) is 0 Å². The first-order valence-corrected chi connectivity index (χ1v) is 9.03. The van der Waals surface area contributed by atoms with E-state index in [0.29, 0.717) is 11.5 Å². The molecular formula is C18H39IN4. The molecule has 0 amide bonds. The Bertz CT molecular complexity index is 338. The van der Waals surface area contributed by atoms with Crippen LogP contribution in [0, 0.1) is 11.3 Å². The van der Waals surface area contributed by atoms with E-state index in [0.717, 1.165) is 18.4 Å². The predicted octanol–water partition coefficient (Wildman–Crippen LogP) is 3.72. The summed E-state index contributed by atoms with van der Waals surface area (Å²) in [7, 11) is 1.86. The average molecular weight is 438 g/mol. The molecule has 0 aromatic rings. The van der Waals surface area contributed by atoms with Gasteiger partial charge in [-0.3, -0.25) is 4.99 Å². The number of guanidine groups is 1. The molecule has 1 fully saturated rings. The Labute approximate surface area is 161 Å². The number of aliphatic imine (C=N–C) groups is 1. The van der Waals surface area contributed by atoms with E-state index in [1.54, 1.807) is 0 Å². The summed E-state index contributed by atoms with van der Waals surface area (Å²) in [4.78, 5) is 6.95. The van der Waals surface area contributed by atoms with Crippen LogP contribution < -0.4 is 10.6 Å². The van der Waals surface area contributed by atoms with Crippen molar-refractivity contribution in [2.24, 2.45) is 16.3 Å². The summed E-state index contributed by atoms with van der Waals surface area (Å²) in [6.45, 7) is 16.2. The molecule has 0 spiro atoms. The normalized spacial score (nSPS) is 21.0. The number of rotatable bonds is 7. The molecule has 0 aliphatic carbocycles. The molecule has 0 radical (unpaired) electrons. The van der Waals surface area contributed by atoms with Crippen molar-refractivity contribution in [1.29, 1.82) is 0 Å². The molecule has 0 bridgehead atoms. The van der Waals surface area contributed by atoms with E-state index in [9.17, 15) is 0 Å². The molecule has 1 aliphatic rings. The first-order chi connectivity index (χ1) is 10.3. The lowest BCUT2D eigenvalue weighted by atomic mass is 9.89. The molecule has 1 heterocycles. The molecule has 1 rings (SSSR count). The van der Waals surface area contributed by atoms with Crippen molar-refractivity contribution in [3.8, 4) is 0 Å². The Morgan fingerprint density at radius 1 is 1.35 bits per heavy atom. The molecule has 0 aromatic carbocycles. The van der Waals surface area contributed by atoms with Crippen LogP contribution >= 0.6 is 24.0 Å². The zero-order chi connectivity index (χ0) is 16.6. The van der Waals surface area contributed by atoms with Crippen molar-refractivity contribution < 1.29 is 0 Å². The van der Waals surface area contributed by atoms with Gasteiger partial charge in [0.15, 0.2) is 5.96 Å². The van der Waals surface area contributed by atoms with Gasteiger partial charge in [-0.1, -0.05) is 27.7 Å². The second-order valence-electron chi connectivity index (χ2n) is 8.05. The molecule has 2 atom stereocenters. The minimum absolute atomic E-state index is 0. The van der Waals surface area contributed by atoms with Gasteiger partial charge in [0.2, 0.25) is 0 Å². The van der Waals surface area contributed by atoms with E-state index in [2.05, 4.69) is 55.1 Å². The van der Waals surface area contributed by atoms with E-state index < -0.39 is 0 Å². The van der Waals surface area contributed by atoms with Gasteiger partial charge >= 0.3 is 0 Å². The minimum atomic E-state index is 0. The van der Waals surface area contributed by atoms with Crippen LogP contribution in [0.3, 0.4) is 0 Å². The van der Waals surface area contributed by atoms with Gasteiger partial charge in [0.05, 0.1) is 0 Å². The summed E-state index contributed by atoms with van der Waals surface area (Å²) in [6.07, 6.45) is 4.98. The molecule has 4 nitrogen and oxygen atoms in total. The highest BCUT2D eigenvalue weighted by Crippen LogP contribution is 2.21. The van der Waals surface area contributed by atoms with Crippen LogP contribution in [0.2, 0.25) is 0 Å². The van der Waals surface area contributed by atoms with Gasteiger partial charge in [-0.2, -0.15) is 0 Å².